The molecule has 2 N–H and O–H groups in total. The lowest BCUT2D eigenvalue weighted by atomic mass is 10.0. The maximum Gasteiger partial charge on any atom is 0.340 e. The van der Waals surface area contributed by atoms with Gasteiger partial charge < -0.3 is 15.4 Å². The minimum atomic E-state index is -0.583. The molecule has 32 heavy (non-hydrogen) atoms. The summed E-state index contributed by atoms with van der Waals surface area (Å²) in [5, 5.41) is 6.10. The van der Waals surface area contributed by atoms with Crippen LogP contribution >= 0.6 is 0 Å². The van der Waals surface area contributed by atoms with E-state index in [1.807, 2.05) is 81.4 Å². The molecule has 3 aromatic rings. The van der Waals surface area contributed by atoms with Gasteiger partial charge in [0.1, 0.15) is 5.60 Å². The van der Waals surface area contributed by atoms with E-state index in [-0.39, 0.29) is 11.9 Å². The van der Waals surface area contributed by atoms with Gasteiger partial charge in [0.15, 0.2) is 0 Å². The Kier molecular flexibility index (Phi) is 7.31. The molecule has 0 aromatic heterocycles. The average molecular weight is 431 g/mol. The molecule has 3 rings (SSSR count). The number of aryl methyl sites for hydroxylation is 2. The van der Waals surface area contributed by atoms with E-state index in [1.165, 1.54) is 12.5 Å². The fourth-order valence-electron chi connectivity index (χ4n) is 3.29. The molecule has 0 saturated heterocycles. The number of hydrogen-bond acceptors (Lipinski definition) is 4. The molecular formula is C27H30N2O3. The van der Waals surface area contributed by atoms with E-state index >= 15 is 0 Å². The van der Waals surface area contributed by atoms with Crippen LogP contribution in [0.5, 0.6) is 0 Å². The quantitative estimate of drug-likeness (QED) is 0.443. The van der Waals surface area contributed by atoms with Crippen LogP contribution in [0.25, 0.3) is 0 Å². The number of esters is 1. The minimum absolute atomic E-state index is 0.121. The highest BCUT2D eigenvalue weighted by Gasteiger charge is 2.21. The van der Waals surface area contributed by atoms with E-state index in [2.05, 4.69) is 22.8 Å². The molecule has 0 aliphatic carbocycles. The molecule has 0 bridgehead atoms. The van der Waals surface area contributed by atoms with Gasteiger partial charge in [0.25, 0.3) is 0 Å². The molecule has 166 valence electrons. The predicted molar refractivity (Wildman–Crippen MR) is 129 cm³/mol. The number of benzene rings is 3. The van der Waals surface area contributed by atoms with Crippen LogP contribution in [-0.2, 0) is 22.4 Å². The van der Waals surface area contributed by atoms with Crippen molar-refractivity contribution in [3.63, 3.8) is 0 Å². The van der Waals surface area contributed by atoms with Gasteiger partial charge >= 0.3 is 5.97 Å². The fraction of sp³-hybridized carbons (Fsp3) is 0.259. The number of nitrogens with one attached hydrogen (secondary N) is 2. The fourth-order valence-corrected chi connectivity index (χ4v) is 3.29. The molecule has 0 unspecified atom stereocenters. The monoisotopic (exact) mass is 430 g/mol. The van der Waals surface area contributed by atoms with Crippen LogP contribution in [0.4, 0.5) is 17.1 Å². The maximum atomic E-state index is 12.8. The molecule has 0 atom stereocenters. The highest BCUT2D eigenvalue weighted by Crippen LogP contribution is 2.26. The largest absolute Gasteiger partial charge is 0.456 e. The molecule has 5 heteroatoms. The second-order valence-electron chi connectivity index (χ2n) is 8.75. The van der Waals surface area contributed by atoms with E-state index in [0.717, 1.165) is 24.1 Å². The third-order valence-corrected chi connectivity index (χ3v) is 4.73. The first-order valence-electron chi connectivity index (χ1n) is 10.7. The Labute approximate surface area is 189 Å². The lowest BCUT2D eigenvalue weighted by Crippen LogP contribution is -2.24. The highest BCUT2D eigenvalue weighted by molar-refractivity contribution is 5.97. The molecular weight excluding hydrogens is 400 g/mol. The molecule has 0 saturated carbocycles. The average Bonchev–Trinajstić information content (AvgIpc) is 2.73. The number of amides is 1. The Bertz CT molecular complexity index is 1070. The number of anilines is 3. The summed E-state index contributed by atoms with van der Waals surface area (Å²) in [6, 6.07) is 23.5. The number of hydrogen-bond donors (Lipinski definition) is 2. The zero-order chi connectivity index (χ0) is 23.1. The molecule has 0 aliphatic heterocycles. The smallest absolute Gasteiger partial charge is 0.340 e. The van der Waals surface area contributed by atoms with E-state index < -0.39 is 5.60 Å². The third-order valence-electron chi connectivity index (χ3n) is 4.73. The van der Waals surface area contributed by atoms with Gasteiger partial charge in [-0.3, -0.25) is 4.79 Å². The second kappa shape index (κ2) is 10.1. The third kappa shape index (κ3) is 6.98. The van der Waals surface area contributed by atoms with Crippen LogP contribution in [0.1, 0.15) is 49.2 Å². The minimum Gasteiger partial charge on any atom is -0.456 e. The van der Waals surface area contributed by atoms with E-state index in [9.17, 15) is 9.59 Å². The Morgan fingerprint density at radius 3 is 2.06 bits per heavy atom. The topological polar surface area (TPSA) is 67.4 Å². The Morgan fingerprint density at radius 2 is 1.44 bits per heavy atom. The summed E-state index contributed by atoms with van der Waals surface area (Å²) in [5.41, 5.74) is 4.51. The first kappa shape index (κ1) is 23.1. The van der Waals surface area contributed by atoms with Gasteiger partial charge in [0, 0.05) is 18.3 Å². The molecule has 0 radical (unpaired) electrons. The summed E-state index contributed by atoms with van der Waals surface area (Å²) in [7, 11) is 0. The molecule has 0 spiro atoms. The van der Waals surface area contributed by atoms with Crippen molar-refractivity contribution in [1.82, 2.24) is 0 Å². The van der Waals surface area contributed by atoms with Crippen molar-refractivity contribution in [2.24, 2.45) is 0 Å². The van der Waals surface area contributed by atoms with Crippen molar-refractivity contribution in [3.05, 3.63) is 89.5 Å². The van der Waals surface area contributed by atoms with Crippen molar-refractivity contribution in [2.75, 3.05) is 10.6 Å². The van der Waals surface area contributed by atoms with E-state index in [0.29, 0.717) is 16.9 Å². The van der Waals surface area contributed by atoms with Gasteiger partial charge in [-0.15, -0.1) is 0 Å². The van der Waals surface area contributed by atoms with Crippen LogP contribution in [0.3, 0.4) is 0 Å². The van der Waals surface area contributed by atoms with Gasteiger partial charge in [-0.05, 0) is 81.1 Å². The van der Waals surface area contributed by atoms with Crippen LogP contribution in [0.15, 0.2) is 72.8 Å². The lowest BCUT2D eigenvalue weighted by molar-refractivity contribution is -0.114. The van der Waals surface area contributed by atoms with Crippen molar-refractivity contribution in [3.8, 4) is 0 Å². The van der Waals surface area contributed by atoms with Crippen molar-refractivity contribution < 1.29 is 14.3 Å². The SMILES string of the molecule is CC(=O)Nc1ccc(Nc2cc(CCc3ccccc3)ccc2C(=O)OC(C)(C)C)cc1. The van der Waals surface area contributed by atoms with Crippen LogP contribution in [0, 0.1) is 0 Å². The molecule has 0 heterocycles. The predicted octanol–water partition coefficient (Wildman–Crippen LogP) is 6.13. The highest BCUT2D eigenvalue weighted by atomic mass is 16.6. The number of carbonyl (C=O) groups is 2. The summed E-state index contributed by atoms with van der Waals surface area (Å²) < 4.78 is 5.61. The molecule has 0 fully saturated rings. The number of ether oxygens (including phenoxy) is 1. The van der Waals surface area contributed by atoms with Crippen molar-refractivity contribution in [2.45, 2.75) is 46.1 Å². The van der Waals surface area contributed by atoms with Gasteiger partial charge in [-0.1, -0.05) is 36.4 Å². The lowest BCUT2D eigenvalue weighted by Gasteiger charge is -2.21. The van der Waals surface area contributed by atoms with Crippen LogP contribution in [-0.4, -0.2) is 17.5 Å². The van der Waals surface area contributed by atoms with Crippen LogP contribution < -0.4 is 10.6 Å². The van der Waals surface area contributed by atoms with E-state index in [1.54, 1.807) is 0 Å². The summed E-state index contributed by atoms with van der Waals surface area (Å²) in [4.78, 5) is 24.1. The Morgan fingerprint density at radius 1 is 0.812 bits per heavy atom. The zero-order valence-electron chi connectivity index (χ0n) is 19.1. The first-order valence-corrected chi connectivity index (χ1v) is 10.7. The van der Waals surface area contributed by atoms with Gasteiger partial charge in [-0.2, -0.15) is 0 Å². The van der Waals surface area contributed by atoms with Gasteiger partial charge in [0.2, 0.25) is 5.91 Å². The number of carbonyl (C=O) groups excluding carboxylic acids is 2. The van der Waals surface area contributed by atoms with Crippen molar-refractivity contribution >= 4 is 28.9 Å². The number of rotatable bonds is 7. The summed E-state index contributed by atoms with van der Waals surface area (Å²) >= 11 is 0. The van der Waals surface area contributed by atoms with Gasteiger partial charge in [-0.25, -0.2) is 4.79 Å². The summed E-state index contributed by atoms with van der Waals surface area (Å²) in [5.74, 6) is -0.492. The molecule has 5 nitrogen and oxygen atoms in total. The standard InChI is InChI=1S/C27H30N2O3/c1-19(30)28-22-13-15-23(16-14-22)29-25-18-21(11-10-20-8-6-5-7-9-20)12-17-24(25)26(31)32-27(2,3)4/h5-9,12-18,29H,10-11H2,1-4H3,(H,28,30). The zero-order valence-corrected chi connectivity index (χ0v) is 19.1. The molecule has 0 aliphatic rings. The maximum absolute atomic E-state index is 12.8. The van der Waals surface area contributed by atoms with E-state index in [4.69, 9.17) is 4.74 Å². The van der Waals surface area contributed by atoms with Crippen molar-refractivity contribution in [1.29, 1.82) is 0 Å². The summed E-state index contributed by atoms with van der Waals surface area (Å²) in [6.07, 6.45) is 1.77. The second-order valence-corrected chi connectivity index (χ2v) is 8.75. The normalized spacial score (nSPS) is 11.0. The van der Waals surface area contributed by atoms with Crippen LogP contribution in [0.2, 0.25) is 0 Å². The Hall–Kier alpha value is -3.60. The first-order chi connectivity index (χ1) is 15.2. The van der Waals surface area contributed by atoms with Gasteiger partial charge in [0.05, 0.1) is 11.3 Å². The Balaban J connectivity index is 1.84. The summed E-state index contributed by atoms with van der Waals surface area (Å²) in [6.45, 7) is 7.03. The molecule has 1 amide bonds. The molecule has 3 aromatic carbocycles.